The SMILES string of the molecule is O=C(O)C1OC(OC2C(COSOOO)OC(COS(=O)(=O)O)C2O)C(OS(=O)(=O)O)C(OSOOO)C1OSOOO. The molecule has 9 unspecified atom stereocenters. The third kappa shape index (κ3) is 13.1. The highest BCUT2D eigenvalue weighted by atomic mass is 32.3. The number of aliphatic hydroxyl groups is 1. The lowest BCUT2D eigenvalue weighted by Gasteiger charge is -2.43. The normalized spacial score (nSPS) is 31.8. The number of hydrogen-bond donors (Lipinski definition) is 7. The van der Waals surface area contributed by atoms with Crippen molar-refractivity contribution in [2.45, 2.75) is 55.1 Å². The summed E-state index contributed by atoms with van der Waals surface area (Å²) >= 11 is -0.491. The monoisotopic (exact) mass is 740 g/mol. The second kappa shape index (κ2) is 18.7. The molecule has 2 aliphatic heterocycles. The van der Waals surface area contributed by atoms with Gasteiger partial charge < -0.3 is 24.4 Å². The van der Waals surface area contributed by atoms with E-state index in [1.807, 2.05) is 0 Å². The summed E-state index contributed by atoms with van der Waals surface area (Å²) < 4.78 is 115. The van der Waals surface area contributed by atoms with Crippen molar-refractivity contribution in [2.75, 3.05) is 13.2 Å². The van der Waals surface area contributed by atoms with Crippen LogP contribution < -0.4 is 0 Å². The summed E-state index contributed by atoms with van der Waals surface area (Å²) in [5.74, 6) is -1.85. The molecule has 0 bridgehead atoms. The van der Waals surface area contributed by atoms with Gasteiger partial charge in [0.2, 0.25) is 0 Å². The minimum Gasteiger partial charge on any atom is -0.479 e. The molecule has 2 aliphatic rings. The van der Waals surface area contributed by atoms with Gasteiger partial charge in [-0.1, -0.05) is 15.1 Å². The molecule has 7 N–H and O–H groups in total. The van der Waals surface area contributed by atoms with Crippen LogP contribution >= 0.6 is 37.0 Å². The lowest BCUT2D eigenvalue weighted by atomic mass is 9.98. The fraction of sp³-hybridized carbons (Fsp3) is 0.917. The van der Waals surface area contributed by atoms with Crippen molar-refractivity contribution >= 4 is 63.7 Å². The molecule has 2 rings (SSSR count). The molecule has 31 heteroatoms. The molecule has 0 spiro atoms. The zero-order chi connectivity index (χ0) is 32.2. The Balaban J connectivity index is 2.44. The van der Waals surface area contributed by atoms with Crippen LogP contribution in [-0.4, -0.2) is 126 Å². The molecular weight excluding hydrogens is 720 g/mol. The maximum absolute atomic E-state index is 12.0. The molecule has 26 nitrogen and oxygen atoms in total. The minimum atomic E-state index is -5.49. The first-order valence-electron chi connectivity index (χ1n) is 10.2. The van der Waals surface area contributed by atoms with Gasteiger partial charge >= 0.3 is 26.8 Å². The van der Waals surface area contributed by atoms with Crippen molar-refractivity contribution < 1.29 is 120 Å². The molecule has 2 heterocycles. The Bertz CT molecular complexity index is 1040. The first-order chi connectivity index (χ1) is 20.2. The Labute approximate surface area is 251 Å². The molecule has 0 aromatic carbocycles. The number of aliphatic carboxylic acids is 1. The van der Waals surface area contributed by atoms with Crippen molar-refractivity contribution in [1.29, 1.82) is 0 Å². The van der Waals surface area contributed by atoms with E-state index in [4.69, 9.17) is 47.1 Å². The van der Waals surface area contributed by atoms with Crippen LogP contribution in [0.5, 0.6) is 0 Å². The highest BCUT2D eigenvalue weighted by molar-refractivity contribution is 7.90. The van der Waals surface area contributed by atoms with Crippen molar-refractivity contribution in [1.82, 2.24) is 0 Å². The zero-order valence-corrected chi connectivity index (χ0v) is 24.1. The maximum Gasteiger partial charge on any atom is 0.397 e. The second-order valence-electron chi connectivity index (χ2n) is 7.31. The van der Waals surface area contributed by atoms with Gasteiger partial charge in [-0.25, -0.2) is 28.9 Å². The van der Waals surface area contributed by atoms with Crippen molar-refractivity contribution in [3.8, 4) is 0 Å². The van der Waals surface area contributed by atoms with Gasteiger partial charge in [-0.3, -0.25) is 21.7 Å². The fourth-order valence-corrected chi connectivity index (χ4v) is 5.18. The van der Waals surface area contributed by atoms with E-state index in [9.17, 15) is 36.4 Å². The number of hydrogen-bond acceptors (Lipinski definition) is 26. The van der Waals surface area contributed by atoms with Gasteiger partial charge in [0, 0.05) is 0 Å². The standard InChI is InChI=1S/C12H20O26S5/c13-5-3(2-26-42(19,20)21)27-4(1-25-39-36-33-16)6(5)28-12-10(32-43(22,23)24)8(31-41-38-35-18)7(30-40-37-34-17)9(29-12)11(14)15/h3-10,12-13,16-18H,1-2H2,(H,14,15)(H,19,20,21)(H,22,23,24). The van der Waals surface area contributed by atoms with Crippen molar-refractivity contribution in [3.63, 3.8) is 0 Å². The van der Waals surface area contributed by atoms with E-state index in [2.05, 4.69) is 36.5 Å². The molecule has 9 atom stereocenters. The summed E-state index contributed by atoms with van der Waals surface area (Å²) in [7, 11) is -10.5. The lowest BCUT2D eigenvalue weighted by molar-refractivity contribution is -0.436. The van der Waals surface area contributed by atoms with Crippen LogP contribution in [0.3, 0.4) is 0 Å². The minimum absolute atomic E-state index is 0.0121. The lowest BCUT2D eigenvalue weighted by Crippen LogP contribution is -2.63. The molecule has 0 amide bonds. The van der Waals surface area contributed by atoms with E-state index in [1.165, 1.54) is 0 Å². The third-order valence-electron chi connectivity index (χ3n) is 4.83. The molecule has 254 valence electrons. The van der Waals surface area contributed by atoms with Gasteiger partial charge in [-0.2, -0.15) is 16.8 Å². The summed E-state index contributed by atoms with van der Waals surface area (Å²) in [5, 5.41) is 55.2. The Morgan fingerprint density at radius 2 is 1.33 bits per heavy atom. The van der Waals surface area contributed by atoms with E-state index in [-0.39, 0.29) is 37.0 Å². The first kappa shape index (κ1) is 38.8. The van der Waals surface area contributed by atoms with Crippen LogP contribution in [-0.2, 0) is 88.8 Å². The predicted molar refractivity (Wildman–Crippen MR) is 123 cm³/mol. The zero-order valence-electron chi connectivity index (χ0n) is 20.0. The van der Waals surface area contributed by atoms with Crippen LogP contribution in [0.25, 0.3) is 0 Å². The molecule has 0 aliphatic carbocycles. The molecular formula is C12H20O26S5. The average molecular weight is 741 g/mol. The number of carboxylic acids is 1. The summed E-state index contributed by atoms with van der Waals surface area (Å²) in [5.41, 5.74) is 0. The van der Waals surface area contributed by atoms with Crippen LogP contribution in [0.15, 0.2) is 0 Å². The quantitative estimate of drug-likeness (QED) is 0.0221. The molecule has 0 aromatic heterocycles. The van der Waals surface area contributed by atoms with Crippen molar-refractivity contribution in [3.05, 3.63) is 0 Å². The molecule has 0 aromatic rings. The van der Waals surface area contributed by atoms with E-state index in [1.54, 1.807) is 0 Å². The molecule has 2 saturated heterocycles. The van der Waals surface area contributed by atoms with Gasteiger partial charge in [0.05, 0.1) is 13.2 Å². The van der Waals surface area contributed by atoms with Crippen LogP contribution in [0.4, 0.5) is 0 Å². The largest absolute Gasteiger partial charge is 0.479 e. The van der Waals surface area contributed by atoms with Gasteiger partial charge in [0.1, 0.15) is 36.6 Å². The van der Waals surface area contributed by atoms with Gasteiger partial charge in [0.15, 0.2) is 55.5 Å². The molecule has 43 heavy (non-hydrogen) atoms. The number of carbonyl (C=O) groups is 1. The van der Waals surface area contributed by atoms with E-state index >= 15 is 0 Å². The Kier molecular flexibility index (Phi) is 16.9. The maximum atomic E-state index is 12.0. The third-order valence-corrected chi connectivity index (χ3v) is 6.92. The summed E-state index contributed by atoms with van der Waals surface area (Å²) in [4.78, 5) is 12.0. The highest BCUT2D eigenvalue weighted by Crippen LogP contribution is 2.37. The number of rotatable bonds is 21. The van der Waals surface area contributed by atoms with Crippen LogP contribution in [0.2, 0.25) is 0 Å². The summed E-state index contributed by atoms with van der Waals surface area (Å²) in [6.07, 6.45) is -17.9. The van der Waals surface area contributed by atoms with Gasteiger partial charge in [0.25, 0.3) is 0 Å². The Morgan fingerprint density at radius 3 is 1.86 bits per heavy atom. The first-order valence-corrected chi connectivity index (χ1v) is 15.0. The highest BCUT2D eigenvalue weighted by Gasteiger charge is 2.57. The number of carboxylic acid groups (broad SMARTS) is 1. The summed E-state index contributed by atoms with van der Waals surface area (Å²) in [6, 6.07) is 0. The smallest absolute Gasteiger partial charge is 0.397 e. The van der Waals surface area contributed by atoms with Gasteiger partial charge in [-0.15, -0.1) is 13.0 Å². The topological polar surface area (TPSA) is 356 Å². The molecule has 0 radical (unpaired) electrons. The number of aliphatic hydroxyl groups excluding tert-OH is 1. The number of ether oxygens (including phenoxy) is 3. The predicted octanol–water partition coefficient (Wildman–Crippen LogP) is -1.94. The van der Waals surface area contributed by atoms with Crippen LogP contribution in [0.1, 0.15) is 0 Å². The fourth-order valence-electron chi connectivity index (χ4n) is 3.41. The average Bonchev–Trinajstić information content (AvgIpc) is 3.20. The Morgan fingerprint density at radius 1 is 0.744 bits per heavy atom. The van der Waals surface area contributed by atoms with Crippen LogP contribution in [0, 0.1) is 0 Å². The molecule has 0 saturated carbocycles. The summed E-state index contributed by atoms with van der Waals surface area (Å²) in [6.45, 7) is -1.70. The second-order valence-corrected chi connectivity index (χ2v) is 10.9. The van der Waals surface area contributed by atoms with Crippen molar-refractivity contribution in [2.24, 2.45) is 0 Å². The Hall–Kier alpha value is -0.380. The van der Waals surface area contributed by atoms with E-state index in [0.717, 1.165) is 0 Å². The van der Waals surface area contributed by atoms with E-state index < -0.39 is 95.1 Å². The molecule has 2 fully saturated rings. The van der Waals surface area contributed by atoms with Gasteiger partial charge in [-0.05, 0) is 0 Å². The van der Waals surface area contributed by atoms with E-state index in [0.29, 0.717) is 0 Å².